The topological polar surface area (TPSA) is 62.5 Å². The molecular formula is C20H19BrN4O2. The molecule has 0 atom stereocenters. The Morgan fingerprint density at radius 2 is 1.81 bits per heavy atom. The summed E-state index contributed by atoms with van der Waals surface area (Å²) in [7, 11) is 0. The molecule has 0 spiro atoms. The Morgan fingerprint density at radius 1 is 1.07 bits per heavy atom. The van der Waals surface area contributed by atoms with E-state index in [-0.39, 0.29) is 5.91 Å². The largest absolute Gasteiger partial charge is 0.368 e. The zero-order valence-electron chi connectivity index (χ0n) is 14.9. The zero-order chi connectivity index (χ0) is 18.8. The van der Waals surface area contributed by atoms with Crippen molar-refractivity contribution in [1.82, 2.24) is 15.0 Å². The van der Waals surface area contributed by atoms with E-state index in [1.807, 2.05) is 41.3 Å². The summed E-state index contributed by atoms with van der Waals surface area (Å²) in [5, 5.41) is 3.95. The third-order valence-electron chi connectivity index (χ3n) is 4.66. The maximum absolute atomic E-state index is 12.7. The van der Waals surface area contributed by atoms with Crippen molar-refractivity contribution in [3.63, 3.8) is 0 Å². The van der Waals surface area contributed by atoms with E-state index >= 15 is 0 Å². The number of hydrogen-bond donors (Lipinski definition) is 0. The molecule has 1 aliphatic heterocycles. The van der Waals surface area contributed by atoms with Crippen LogP contribution in [0, 0.1) is 6.92 Å². The molecule has 3 aromatic rings. The number of nitrogens with zero attached hydrogens (tertiary/aromatic N) is 4. The molecule has 1 amide bonds. The fraction of sp³-hybridized carbons (Fsp3) is 0.250. The molecule has 1 fully saturated rings. The van der Waals surface area contributed by atoms with Crippen molar-refractivity contribution in [2.75, 3.05) is 31.1 Å². The third kappa shape index (κ3) is 3.88. The van der Waals surface area contributed by atoms with Crippen LogP contribution in [-0.4, -0.2) is 47.1 Å². The van der Waals surface area contributed by atoms with Gasteiger partial charge in [-0.1, -0.05) is 27.2 Å². The molecule has 1 aliphatic rings. The van der Waals surface area contributed by atoms with E-state index in [9.17, 15) is 4.79 Å². The Labute approximate surface area is 165 Å². The van der Waals surface area contributed by atoms with Crippen LogP contribution in [0.3, 0.4) is 0 Å². The summed E-state index contributed by atoms with van der Waals surface area (Å²) in [6, 6.07) is 15.7. The highest BCUT2D eigenvalue weighted by atomic mass is 79.9. The number of benzene rings is 2. The lowest BCUT2D eigenvalue weighted by Gasteiger charge is -2.36. The molecule has 138 valence electrons. The van der Waals surface area contributed by atoms with Gasteiger partial charge in [-0.05, 0) is 42.5 Å². The van der Waals surface area contributed by atoms with Gasteiger partial charge in [-0.15, -0.1) is 0 Å². The molecule has 27 heavy (non-hydrogen) atoms. The van der Waals surface area contributed by atoms with Crippen molar-refractivity contribution in [2.24, 2.45) is 0 Å². The smallest absolute Gasteiger partial charge is 0.254 e. The standard InChI is InChI=1S/C20H19BrN4O2/c1-14-22-19(23-27-14)15-5-7-18(8-6-15)24-9-11-25(12-10-24)20(26)16-3-2-4-17(21)13-16/h2-8,13H,9-12H2,1H3. The number of amides is 1. The minimum absolute atomic E-state index is 0.0822. The second kappa shape index (κ2) is 7.52. The van der Waals surface area contributed by atoms with E-state index in [1.54, 1.807) is 6.92 Å². The van der Waals surface area contributed by atoms with Crippen molar-refractivity contribution < 1.29 is 9.32 Å². The van der Waals surface area contributed by atoms with Gasteiger partial charge in [-0.25, -0.2) is 0 Å². The molecule has 0 radical (unpaired) electrons. The highest BCUT2D eigenvalue weighted by Crippen LogP contribution is 2.23. The number of hydrogen-bond acceptors (Lipinski definition) is 5. The number of carbonyl (C=O) groups is 1. The fourth-order valence-corrected chi connectivity index (χ4v) is 3.61. The first kappa shape index (κ1) is 17.7. The van der Waals surface area contributed by atoms with Crippen molar-refractivity contribution in [2.45, 2.75) is 6.92 Å². The molecular weight excluding hydrogens is 408 g/mol. The van der Waals surface area contributed by atoms with E-state index in [2.05, 4.69) is 43.1 Å². The lowest BCUT2D eigenvalue weighted by atomic mass is 10.1. The average molecular weight is 427 g/mol. The van der Waals surface area contributed by atoms with Crippen molar-refractivity contribution in [1.29, 1.82) is 0 Å². The number of aryl methyl sites for hydroxylation is 1. The number of piperazine rings is 1. The van der Waals surface area contributed by atoms with Gasteiger partial charge in [0.2, 0.25) is 11.7 Å². The number of halogens is 1. The maximum atomic E-state index is 12.7. The Kier molecular flexibility index (Phi) is 4.94. The molecule has 0 unspecified atom stereocenters. The molecule has 0 saturated carbocycles. The van der Waals surface area contributed by atoms with Gasteiger partial charge in [0.15, 0.2) is 0 Å². The summed E-state index contributed by atoms with van der Waals surface area (Å²) >= 11 is 3.42. The third-order valence-corrected chi connectivity index (χ3v) is 5.15. The first-order valence-corrected chi connectivity index (χ1v) is 9.60. The quantitative estimate of drug-likeness (QED) is 0.637. The van der Waals surface area contributed by atoms with Gasteiger partial charge in [0.25, 0.3) is 5.91 Å². The van der Waals surface area contributed by atoms with Gasteiger partial charge < -0.3 is 14.3 Å². The molecule has 4 rings (SSSR count). The van der Waals surface area contributed by atoms with Crippen molar-refractivity contribution >= 4 is 27.5 Å². The van der Waals surface area contributed by atoms with E-state index in [1.165, 1.54) is 0 Å². The molecule has 1 saturated heterocycles. The molecule has 0 bridgehead atoms. The van der Waals surface area contributed by atoms with E-state index in [0.717, 1.165) is 34.4 Å². The number of rotatable bonds is 3. The summed E-state index contributed by atoms with van der Waals surface area (Å²) in [4.78, 5) is 21.1. The summed E-state index contributed by atoms with van der Waals surface area (Å²) < 4.78 is 5.95. The van der Waals surface area contributed by atoms with Crippen molar-refractivity contribution in [3.8, 4) is 11.4 Å². The van der Waals surface area contributed by atoms with Crippen LogP contribution in [-0.2, 0) is 0 Å². The van der Waals surface area contributed by atoms with Crippen LogP contribution in [0.2, 0.25) is 0 Å². The van der Waals surface area contributed by atoms with Crippen LogP contribution >= 0.6 is 15.9 Å². The first-order valence-electron chi connectivity index (χ1n) is 8.81. The maximum Gasteiger partial charge on any atom is 0.254 e. The minimum atomic E-state index is 0.0822. The van der Waals surface area contributed by atoms with Crippen LogP contribution in [0.4, 0.5) is 5.69 Å². The van der Waals surface area contributed by atoms with Crippen LogP contribution in [0.5, 0.6) is 0 Å². The zero-order valence-corrected chi connectivity index (χ0v) is 16.5. The SMILES string of the molecule is Cc1nc(-c2ccc(N3CCN(C(=O)c4cccc(Br)c4)CC3)cc2)no1. The second-order valence-corrected chi connectivity index (χ2v) is 7.39. The molecule has 1 aromatic heterocycles. The van der Waals surface area contributed by atoms with Crippen LogP contribution < -0.4 is 4.90 Å². The Hall–Kier alpha value is -2.67. The summed E-state index contributed by atoms with van der Waals surface area (Å²) in [6.45, 7) is 4.80. The monoisotopic (exact) mass is 426 g/mol. The Bertz CT molecular complexity index is 947. The number of carbonyl (C=O) groups excluding carboxylic acids is 1. The highest BCUT2D eigenvalue weighted by Gasteiger charge is 2.22. The fourth-order valence-electron chi connectivity index (χ4n) is 3.21. The number of aromatic nitrogens is 2. The van der Waals surface area contributed by atoms with Gasteiger partial charge in [-0.2, -0.15) is 4.98 Å². The summed E-state index contributed by atoms with van der Waals surface area (Å²) in [5.74, 6) is 1.24. The molecule has 2 aromatic carbocycles. The van der Waals surface area contributed by atoms with Gasteiger partial charge in [0.05, 0.1) is 0 Å². The summed E-state index contributed by atoms with van der Waals surface area (Å²) in [5.41, 5.74) is 2.78. The average Bonchev–Trinajstić information content (AvgIpc) is 3.14. The molecule has 0 aliphatic carbocycles. The highest BCUT2D eigenvalue weighted by molar-refractivity contribution is 9.10. The van der Waals surface area contributed by atoms with Crippen LogP contribution in [0.1, 0.15) is 16.2 Å². The lowest BCUT2D eigenvalue weighted by molar-refractivity contribution is 0.0746. The minimum Gasteiger partial charge on any atom is -0.368 e. The summed E-state index contributed by atoms with van der Waals surface area (Å²) in [6.07, 6.45) is 0. The molecule has 0 N–H and O–H groups in total. The number of anilines is 1. The van der Waals surface area contributed by atoms with Crippen LogP contribution in [0.25, 0.3) is 11.4 Å². The first-order chi connectivity index (χ1) is 13.1. The van der Waals surface area contributed by atoms with Gasteiger partial charge >= 0.3 is 0 Å². The van der Waals surface area contributed by atoms with Crippen molar-refractivity contribution in [3.05, 3.63) is 64.5 Å². The van der Waals surface area contributed by atoms with Gasteiger partial charge in [0.1, 0.15) is 0 Å². The Morgan fingerprint density at radius 3 is 2.44 bits per heavy atom. The van der Waals surface area contributed by atoms with Gasteiger partial charge in [0, 0.05) is 54.4 Å². The molecule has 7 heteroatoms. The lowest BCUT2D eigenvalue weighted by Crippen LogP contribution is -2.48. The van der Waals surface area contributed by atoms with Crippen LogP contribution in [0.15, 0.2) is 57.5 Å². The van der Waals surface area contributed by atoms with E-state index in [4.69, 9.17) is 4.52 Å². The molecule has 6 nitrogen and oxygen atoms in total. The molecule has 2 heterocycles. The predicted octanol–water partition coefficient (Wildman–Crippen LogP) is 3.77. The van der Waals surface area contributed by atoms with E-state index in [0.29, 0.717) is 24.8 Å². The normalized spacial score (nSPS) is 14.4. The van der Waals surface area contributed by atoms with Gasteiger partial charge in [-0.3, -0.25) is 4.79 Å². The van der Waals surface area contributed by atoms with E-state index < -0.39 is 0 Å². The second-order valence-electron chi connectivity index (χ2n) is 6.47. The Balaban J connectivity index is 1.39. The predicted molar refractivity (Wildman–Crippen MR) is 107 cm³/mol.